The lowest BCUT2D eigenvalue weighted by molar-refractivity contribution is -0.258. The lowest BCUT2D eigenvalue weighted by atomic mass is 9.94. The number of aliphatic hydroxyl groups is 1. The largest absolute Gasteiger partial charge is 0.421 e. The molecule has 0 aliphatic carbocycles. The van der Waals surface area contributed by atoms with Gasteiger partial charge in [-0.3, -0.25) is 4.98 Å². The summed E-state index contributed by atoms with van der Waals surface area (Å²) in [6.07, 6.45) is -2.83. The van der Waals surface area contributed by atoms with Crippen molar-refractivity contribution in [2.24, 2.45) is 0 Å². The summed E-state index contributed by atoms with van der Waals surface area (Å²) in [5, 5.41) is 11.7. The summed E-state index contributed by atoms with van der Waals surface area (Å²) < 4.78 is 40.7. The van der Waals surface area contributed by atoms with E-state index in [4.69, 9.17) is 11.6 Å². The number of aromatic nitrogens is 1. The van der Waals surface area contributed by atoms with Crippen LogP contribution in [0.3, 0.4) is 0 Å². The second-order valence-electron chi connectivity index (χ2n) is 7.20. The molecule has 0 radical (unpaired) electrons. The van der Waals surface area contributed by atoms with Crippen molar-refractivity contribution in [3.8, 4) is 11.3 Å². The zero-order valence-corrected chi connectivity index (χ0v) is 17.4. The average molecular weight is 448 g/mol. The van der Waals surface area contributed by atoms with Crippen molar-refractivity contribution in [2.45, 2.75) is 25.1 Å². The van der Waals surface area contributed by atoms with E-state index in [9.17, 15) is 18.3 Å². The first-order valence-corrected chi connectivity index (χ1v) is 10.4. The molecule has 30 heavy (non-hydrogen) atoms. The van der Waals surface area contributed by atoms with Crippen LogP contribution in [-0.2, 0) is 12.0 Å². The molecule has 2 aromatic heterocycles. The quantitative estimate of drug-likeness (QED) is 0.366. The molecule has 4 aromatic rings. The van der Waals surface area contributed by atoms with Gasteiger partial charge in [-0.05, 0) is 47.7 Å². The maximum absolute atomic E-state index is 13.3. The Morgan fingerprint density at radius 1 is 1.03 bits per heavy atom. The van der Waals surface area contributed by atoms with Gasteiger partial charge in [-0.2, -0.15) is 13.2 Å². The van der Waals surface area contributed by atoms with Gasteiger partial charge in [0.25, 0.3) is 0 Å². The van der Waals surface area contributed by atoms with Gasteiger partial charge in [0.05, 0.1) is 5.69 Å². The Bertz CT molecular complexity index is 1220. The molecule has 4 rings (SSSR count). The first-order chi connectivity index (χ1) is 14.2. The Labute approximate surface area is 180 Å². The van der Waals surface area contributed by atoms with E-state index in [1.807, 2.05) is 42.5 Å². The molecule has 0 aliphatic heterocycles. The topological polar surface area (TPSA) is 33.1 Å². The van der Waals surface area contributed by atoms with Crippen LogP contribution in [0.2, 0.25) is 5.02 Å². The summed E-state index contributed by atoms with van der Waals surface area (Å²) in [6.45, 7) is 0.750. The molecule has 0 spiro atoms. The summed E-state index contributed by atoms with van der Waals surface area (Å²) in [5.74, 6) is 0. The molecule has 0 saturated carbocycles. The van der Waals surface area contributed by atoms with Crippen molar-refractivity contribution < 1.29 is 18.3 Å². The van der Waals surface area contributed by atoms with Crippen molar-refractivity contribution in [1.29, 1.82) is 0 Å². The number of hydrogen-bond acceptors (Lipinski definition) is 3. The highest BCUT2D eigenvalue weighted by molar-refractivity contribution is 7.19. The molecule has 7 heteroatoms. The lowest BCUT2D eigenvalue weighted by Crippen LogP contribution is -2.39. The van der Waals surface area contributed by atoms with Crippen LogP contribution in [0.25, 0.3) is 21.3 Å². The number of hydrogen-bond donors (Lipinski definition) is 1. The van der Waals surface area contributed by atoms with E-state index in [-0.39, 0.29) is 5.56 Å². The summed E-state index contributed by atoms with van der Waals surface area (Å²) in [7, 11) is 0. The van der Waals surface area contributed by atoms with Crippen molar-refractivity contribution >= 4 is 33.0 Å². The first kappa shape index (κ1) is 20.8. The van der Waals surface area contributed by atoms with Gasteiger partial charge in [0.15, 0.2) is 5.60 Å². The minimum Gasteiger partial charge on any atom is -0.376 e. The van der Waals surface area contributed by atoms with Crippen molar-refractivity contribution in [1.82, 2.24) is 4.98 Å². The van der Waals surface area contributed by atoms with Gasteiger partial charge in [0.1, 0.15) is 0 Å². The van der Waals surface area contributed by atoms with Gasteiger partial charge in [-0.25, -0.2) is 0 Å². The molecule has 1 atom stereocenters. The van der Waals surface area contributed by atoms with E-state index in [0.29, 0.717) is 17.1 Å². The molecule has 2 heterocycles. The molecule has 1 N–H and O–H groups in total. The summed E-state index contributed by atoms with van der Waals surface area (Å²) in [5.41, 5.74) is -1.08. The number of halogens is 4. The van der Waals surface area contributed by atoms with Crippen LogP contribution in [0.5, 0.6) is 0 Å². The van der Waals surface area contributed by atoms with Crippen LogP contribution in [0, 0.1) is 0 Å². The van der Waals surface area contributed by atoms with Crippen molar-refractivity contribution in [3.05, 3.63) is 87.9 Å². The van der Waals surface area contributed by atoms with Crippen molar-refractivity contribution in [2.75, 3.05) is 0 Å². The predicted molar refractivity (Wildman–Crippen MR) is 115 cm³/mol. The van der Waals surface area contributed by atoms with E-state index in [2.05, 4.69) is 11.1 Å². The van der Waals surface area contributed by atoms with Gasteiger partial charge in [-0.1, -0.05) is 48.0 Å². The van der Waals surface area contributed by atoms with E-state index < -0.39 is 11.8 Å². The van der Waals surface area contributed by atoms with Crippen LogP contribution in [0.4, 0.5) is 13.2 Å². The zero-order valence-electron chi connectivity index (χ0n) is 15.9. The fourth-order valence-electron chi connectivity index (χ4n) is 3.28. The summed E-state index contributed by atoms with van der Waals surface area (Å²) >= 11 is 7.83. The molecule has 0 aliphatic rings. The van der Waals surface area contributed by atoms with Gasteiger partial charge in [0.2, 0.25) is 0 Å². The maximum atomic E-state index is 13.3. The Morgan fingerprint density at radius 2 is 1.80 bits per heavy atom. The normalized spacial score (nSPS) is 14.1. The highest BCUT2D eigenvalue weighted by atomic mass is 35.5. The van der Waals surface area contributed by atoms with Crippen molar-refractivity contribution in [3.63, 3.8) is 0 Å². The van der Waals surface area contributed by atoms with Gasteiger partial charge < -0.3 is 5.11 Å². The van der Waals surface area contributed by atoms with E-state index in [1.165, 1.54) is 18.3 Å². The van der Waals surface area contributed by atoms with Crippen LogP contribution >= 0.6 is 22.9 Å². The molecule has 0 bridgehead atoms. The zero-order chi connectivity index (χ0) is 21.5. The second-order valence-corrected chi connectivity index (χ2v) is 8.75. The van der Waals surface area contributed by atoms with E-state index >= 15 is 0 Å². The van der Waals surface area contributed by atoms with Crippen LogP contribution in [0.15, 0.2) is 66.9 Å². The standard InChI is InChI=1S/C23H17ClF3NOS/c1-22(29,23(25,26)27)16-9-10-28-20(13-16)18-7-4-6-15-12-17(30-21(15)18)11-14-5-2-3-8-19(14)24/h2-10,12-13,29H,11H2,1H3/t22-/m1/s1. The summed E-state index contributed by atoms with van der Waals surface area (Å²) in [6, 6.07) is 17.8. The first-order valence-electron chi connectivity index (χ1n) is 9.17. The minimum absolute atomic E-state index is 0.246. The molecule has 2 nitrogen and oxygen atoms in total. The molecular weight excluding hydrogens is 431 g/mol. The molecule has 0 unspecified atom stereocenters. The van der Waals surface area contributed by atoms with Gasteiger partial charge >= 0.3 is 6.18 Å². The maximum Gasteiger partial charge on any atom is 0.421 e. The molecule has 0 fully saturated rings. The number of pyridine rings is 1. The Balaban J connectivity index is 1.76. The minimum atomic E-state index is -4.79. The third-order valence-corrected chi connectivity index (χ3v) is 6.62. The highest BCUT2D eigenvalue weighted by Gasteiger charge is 2.51. The molecular formula is C23H17ClF3NOS. The fraction of sp³-hybridized carbons (Fsp3) is 0.174. The van der Waals surface area contributed by atoms with Crippen LogP contribution in [-0.4, -0.2) is 16.3 Å². The number of benzene rings is 2. The van der Waals surface area contributed by atoms with Crippen LogP contribution < -0.4 is 0 Å². The van der Waals surface area contributed by atoms with Gasteiger partial charge in [-0.15, -0.1) is 11.3 Å². The Hall–Kier alpha value is -2.41. The monoisotopic (exact) mass is 447 g/mol. The third-order valence-electron chi connectivity index (χ3n) is 5.07. The van der Waals surface area contributed by atoms with Crippen LogP contribution in [0.1, 0.15) is 22.9 Å². The fourth-order valence-corrected chi connectivity index (χ4v) is 4.68. The number of thiophene rings is 1. The second kappa shape index (κ2) is 7.69. The van der Waals surface area contributed by atoms with E-state index in [1.54, 1.807) is 11.3 Å². The molecule has 0 amide bonds. The average Bonchev–Trinajstić information content (AvgIpc) is 3.11. The number of nitrogens with zero attached hydrogens (tertiary/aromatic N) is 1. The number of fused-ring (bicyclic) bond motifs is 1. The Kier molecular flexibility index (Phi) is 5.34. The molecule has 0 saturated heterocycles. The molecule has 2 aromatic carbocycles. The predicted octanol–water partition coefficient (Wildman–Crippen LogP) is 6.98. The smallest absolute Gasteiger partial charge is 0.376 e. The molecule has 154 valence electrons. The number of alkyl halides is 3. The highest BCUT2D eigenvalue weighted by Crippen LogP contribution is 2.41. The van der Waals surface area contributed by atoms with Gasteiger partial charge in [0, 0.05) is 32.8 Å². The SMILES string of the molecule is C[C@@](O)(c1ccnc(-c2cccc3cc(Cc4ccccc4Cl)sc23)c1)C(F)(F)F. The summed E-state index contributed by atoms with van der Waals surface area (Å²) in [4.78, 5) is 5.36. The van der Waals surface area contributed by atoms with E-state index in [0.717, 1.165) is 33.0 Å². The number of rotatable bonds is 4. The lowest BCUT2D eigenvalue weighted by Gasteiger charge is -2.26. The Morgan fingerprint density at radius 3 is 2.53 bits per heavy atom. The third kappa shape index (κ3) is 3.83.